The number of amides is 2. The highest BCUT2D eigenvalue weighted by molar-refractivity contribution is 7.99. The highest BCUT2D eigenvalue weighted by atomic mass is 35.5. The second kappa shape index (κ2) is 12.0. The third-order valence-electron chi connectivity index (χ3n) is 5.97. The lowest BCUT2D eigenvalue weighted by Gasteiger charge is -2.30. The van der Waals surface area contributed by atoms with Crippen LogP contribution in [0.5, 0.6) is 0 Å². The molecule has 7 heteroatoms. The van der Waals surface area contributed by atoms with Crippen molar-refractivity contribution in [1.82, 2.24) is 10.2 Å². The van der Waals surface area contributed by atoms with Crippen LogP contribution in [0.25, 0.3) is 0 Å². The summed E-state index contributed by atoms with van der Waals surface area (Å²) in [4.78, 5) is 27.9. The molecule has 2 aromatic carbocycles. The van der Waals surface area contributed by atoms with E-state index >= 15 is 0 Å². The number of halogens is 2. The van der Waals surface area contributed by atoms with Crippen LogP contribution in [-0.2, 0) is 21.9 Å². The van der Waals surface area contributed by atoms with Gasteiger partial charge in [0.1, 0.15) is 6.04 Å². The number of thioether (sulfide) groups is 1. The molecule has 4 nitrogen and oxygen atoms in total. The Labute approximate surface area is 205 Å². The first-order valence-corrected chi connectivity index (χ1v) is 12.9. The van der Waals surface area contributed by atoms with Crippen molar-refractivity contribution in [3.05, 3.63) is 69.2 Å². The molecule has 1 aliphatic carbocycles. The van der Waals surface area contributed by atoms with E-state index < -0.39 is 6.04 Å². The third-order valence-corrected chi connectivity index (χ3v) is 7.52. The number of nitrogens with one attached hydrogen (secondary N) is 1. The molecule has 1 unspecified atom stereocenters. The Kier molecular flexibility index (Phi) is 9.33. The van der Waals surface area contributed by atoms with Crippen molar-refractivity contribution in [2.75, 3.05) is 5.75 Å². The number of carbonyl (C=O) groups is 2. The second-order valence-electron chi connectivity index (χ2n) is 8.34. The van der Waals surface area contributed by atoms with Crippen molar-refractivity contribution < 1.29 is 9.59 Å². The minimum absolute atomic E-state index is 0.0580. The molecule has 0 bridgehead atoms. The first-order valence-electron chi connectivity index (χ1n) is 11.0. The topological polar surface area (TPSA) is 49.4 Å². The van der Waals surface area contributed by atoms with Gasteiger partial charge in [0, 0.05) is 28.4 Å². The summed E-state index contributed by atoms with van der Waals surface area (Å²) in [5, 5.41) is 4.32. The third kappa shape index (κ3) is 6.90. The average Bonchev–Trinajstić information content (AvgIpc) is 3.27. The van der Waals surface area contributed by atoms with E-state index in [1.807, 2.05) is 44.2 Å². The molecule has 0 heterocycles. The smallest absolute Gasteiger partial charge is 0.242 e. The van der Waals surface area contributed by atoms with Gasteiger partial charge in [0.05, 0.1) is 5.75 Å². The van der Waals surface area contributed by atoms with E-state index in [1.165, 1.54) is 11.8 Å². The number of carbonyl (C=O) groups excluding carboxylic acids is 2. The summed E-state index contributed by atoms with van der Waals surface area (Å²) in [5.74, 6) is 0.732. The number of aryl methyl sites for hydroxylation is 1. The van der Waals surface area contributed by atoms with E-state index in [9.17, 15) is 9.59 Å². The second-order valence-corrected chi connectivity index (χ2v) is 10.2. The van der Waals surface area contributed by atoms with Crippen molar-refractivity contribution in [3.8, 4) is 0 Å². The van der Waals surface area contributed by atoms with Crippen LogP contribution in [0.3, 0.4) is 0 Å². The molecule has 2 amide bonds. The fraction of sp³-hybridized carbons (Fsp3) is 0.440. The van der Waals surface area contributed by atoms with Crippen molar-refractivity contribution in [3.63, 3.8) is 0 Å². The van der Waals surface area contributed by atoms with Crippen molar-refractivity contribution >= 4 is 46.8 Å². The maximum absolute atomic E-state index is 13.2. The maximum atomic E-state index is 13.2. The summed E-state index contributed by atoms with van der Waals surface area (Å²) >= 11 is 13.7. The van der Waals surface area contributed by atoms with E-state index in [0.29, 0.717) is 22.3 Å². The van der Waals surface area contributed by atoms with Gasteiger partial charge in [-0.05, 0) is 55.5 Å². The largest absolute Gasteiger partial charge is 0.352 e. The Morgan fingerprint density at radius 1 is 1.12 bits per heavy atom. The summed E-state index contributed by atoms with van der Waals surface area (Å²) in [6.45, 7) is 4.26. The van der Waals surface area contributed by atoms with Crippen LogP contribution in [0.4, 0.5) is 0 Å². The summed E-state index contributed by atoms with van der Waals surface area (Å²) in [6, 6.07) is 13.1. The quantitative estimate of drug-likeness (QED) is 0.466. The minimum Gasteiger partial charge on any atom is -0.352 e. The zero-order valence-corrected chi connectivity index (χ0v) is 20.9. The summed E-state index contributed by atoms with van der Waals surface area (Å²) in [7, 11) is 0. The minimum atomic E-state index is -0.539. The molecule has 1 atom stereocenters. The number of hydrogen-bond acceptors (Lipinski definition) is 3. The molecule has 0 radical (unpaired) electrons. The lowest BCUT2D eigenvalue weighted by Crippen LogP contribution is -2.50. The Morgan fingerprint density at radius 2 is 1.84 bits per heavy atom. The highest BCUT2D eigenvalue weighted by Crippen LogP contribution is 2.25. The zero-order chi connectivity index (χ0) is 23.1. The van der Waals surface area contributed by atoms with Crippen LogP contribution in [0.2, 0.25) is 10.0 Å². The van der Waals surface area contributed by atoms with E-state index in [-0.39, 0.29) is 23.6 Å². The standard InChI is InChI=1S/C25H30Cl2N2O2S/c1-17-7-3-4-8-19(17)14-29(18(2)25(31)28-22-9-5-6-10-22)24(30)16-32-15-20-11-12-21(26)13-23(20)27/h3-4,7-8,11-13,18,22H,5-6,9-10,14-16H2,1-2H3,(H,28,31). The van der Waals surface area contributed by atoms with Gasteiger partial charge < -0.3 is 10.2 Å². The van der Waals surface area contributed by atoms with Crippen molar-refractivity contribution in [2.24, 2.45) is 0 Å². The highest BCUT2D eigenvalue weighted by Gasteiger charge is 2.28. The Bertz CT molecular complexity index is 947. The average molecular weight is 494 g/mol. The number of benzene rings is 2. The molecule has 32 heavy (non-hydrogen) atoms. The van der Waals surface area contributed by atoms with E-state index in [0.717, 1.165) is 42.4 Å². The number of nitrogens with zero attached hydrogens (tertiary/aromatic N) is 1. The fourth-order valence-electron chi connectivity index (χ4n) is 3.92. The van der Waals surface area contributed by atoms with Gasteiger partial charge in [-0.3, -0.25) is 9.59 Å². The lowest BCUT2D eigenvalue weighted by molar-refractivity contribution is -0.139. The van der Waals surface area contributed by atoms with Gasteiger partial charge in [0.15, 0.2) is 0 Å². The van der Waals surface area contributed by atoms with E-state index in [1.54, 1.807) is 17.0 Å². The molecule has 0 aliphatic heterocycles. The van der Waals surface area contributed by atoms with Crippen molar-refractivity contribution in [1.29, 1.82) is 0 Å². The van der Waals surface area contributed by atoms with Gasteiger partial charge in [0.2, 0.25) is 11.8 Å². The molecule has 1 saturated carbocycles. The monoisotopic (exact) mass is 492 g/mol. The predicted octanol–water partition coefficient (Wildman–Crippen LogP) is 6.01. The molecule has 3 rings (SSSR count). The van der Waals surface area contributed by atoms with Gasteiger partial charge in [-0.1, -0.05) is 66.4 Å². The molecule has 1 fully saturated rings. The van der Waals surface area contributed by atoms with Gasteiger partial charge in [-0.15, -0.1) is 11.8 Å². The molecule has 1 aliphatic rings. The van der Waals surface area contributed by atoms with Gasteiger partial charge in [0.25, 0.3) is 0 Å². The first kappa shape index (κ1) is 24.9. The van der Waals surface area contributed by atoms with Crippen LogP contribution in [0.15, 0.2) is 42.5 Å². The molecule has 0 saturated heterocycles. The zero-order valence-electron chi connectivity index (χ0n) is 18.6. The predicted molar refractivity (Wildman–Crippen MR) is 134 cm³/mol. The van der Waals surface area contributed by atoms with Crippen LogP contribution in [0.1, 0.15) is 49.3 Å². The SMILES string of the molecule is Cc1ccccc1CN(C(=O)CSCc1ccc(Cl)cc1Cl)C(C)C(=O)NC1CCCC1. The molecule has 0 aromatic heterocycles. The molecular formula is C25H30Cl2N2O2S. The fourth-order valence-corrected chi connectivity index (χ4v) is 5.38. The summed E-state index contributed by atoms with van der Waals surface area (Å²) < 4.78 is 0. The van der Waals surface area contributed by atoms with Crippen LogP contribution in [0, 0.1) is 6.92 Å². The Hall–Kier alpha value is -1.69. The van der Waals surface area contributed by atoms with Crippen LogP contribution < -0.4 is 5.32 Å². The van der Waals surface area contributed by atoms with E-state index in [4.69, 9.17) is 23.2 Å². The maximum Gasteiger partial charge on any atom is 0.242 e. The van der Waals surface area contributed by atoms with Crippen LogP contribution >= 0.6 is 35.0 Å². The first-order chi connectivity index (χ1) is 15.3. The van der Waals surface area contributed by atoms with E-state index in [2.05, 4.69) is 5.32 Å². The Morgan fingerprint density at radius 3 is 2.53 bits per heavy atom. The molecule has 1 N–H and O–H groups in total. The van der Waals surface area contributed by atoms with Crippen molar-refractivity contribution in [2.45, 2.75) is 63.9 Å². The molecule has 0 spiro atoms. The lowest BCUT2D eigenvalue weighted by atomic mass is 10.1. The number of hydrogen-bond donors (Lipinski definition) is 1. The molecular weight excluding hydrogens is 463 g/mol. The molecule has 2 aromatic rings. The normalized spacial score (nSPS) is 14.9. The van der Waals surface area contributed by atoms with Crippen LogP contribution in [-0.4, -0.2) is 34.6 Å². The van der Waals surface area contributed by atoms with Gasteiger partial charge >= 0.3 is 0 Å². The Balaban J connectivity index is 1.67. The van der Waals surface area contributed by atoms with Gasteiger partial charge in [-0.2, -0.15) is 0 Å². The summed E-state index contributed by atoms with van der Waals surface area (Å²) in [6.07, 6.45) is 4.33. The van der Waals surface area contributed by atoms with Gasteiger partial charge in [-0.25, -0.2) is 0 Å². The number of rotatable bonds is 9. The summed E-state index contributed by atoms with van der Waals surface area (Å²) in [5.41, 5.74) is 3.09. The molecule has 172 valence electrons.